The minimum atomic E-state index is -3.65. The summed E-state index contributed by atoms with van der Waals surface area (Å²) >= 11 is 0. The molecule has 1 aromatic rings. The van der Waals surface area contributed by atoms with Gasteiger partial charge in [0.1, 0.15) is 0 Å². The monoisotopic (exact) mass is 286 g/mol. The molecule has 0 aliphatic carbocycles. The molecule has 0 radical (unpaired) electrons. The lowest BCUT2D eigenvalue weighted by molar-refractivity contribution is 0.129. The van der Waals surface area contributed by atoms with Crippen LogP contribution < -0.4 is 10.5 Å². The van der Waals surface area contributed by atoms with Crippen molar-refractivity contribution in [1.82, 2.24) is 4.72 Å². The van der Waals surface area contributed by atoms with Crippen molar-refractivity contribution in [1.29, 1.82) is 0 Å². The Morgan fingerprint density at radius 1 is 1.32 bits per heavy atom. The van der Waals surface area contributed by atoms with Crippen molar-refractivity contribution < 1.29 is 13.5 Å². The molecule has 1 aromatic carbocycles. The van der Waals surface area contributed by atoms with Gasteiger partial charge >= 0.3 is 0 Å². The first-order chi connectivity index (χ1) is 8.65. The van der Waals surface area contributed by atoms with Crippen molar-refractivity contribution in [2.45, 2.75) is 38.7 Å². The highest BCUT2D eigenvalue weighted by atomic mass is 32.2. The van der Waals surface area contributed by atoms with E-state index in [1.807, 2.05) is 13.8 Å². The van der Waals surface area contributed by atoms with E-state index in [0.29, 0.717) is 11.3 Å². The molecule has 1 atom stereocenters. The van der Waals surface area contributed by atoms with E-state index in [1.54, 1.807) is 26.0 Å². The highest BCUT2D eigenvalue weighted by Gasteiger charge is 2.20. The number of hydrogen-bond acceptors (Lipinski definition) is 4. The van der Waals surface area contributed by atoms with E-state index in [4.69, 9.17) is 5.73 Å². The highest BCUT2D eigenvalue weighted by molar-refractivity contribution is 7.89. The Labute approximate surface area is 114 Å². The fraction of sp³-hybridized carbons (Fsp3) is 0.538. The second kappa shape index (κ2) is 5.90. The van der Waals surface area contributed by atoms with E-state index in [2.05, 4.69) is 4.72 Å². The Hall–Kier alpha value is -1.11. The summed E-state index contributed by atoms with van der Waals surface area (Å²) in [4.78, 5) is 0.168. The quantitative estimate of drug-likeness (QED) is 0.709. The number of nitrogens with two attached hydrogens (primary N) is 1. The molecule has 0 fully saturated rings. The van der Waals surface area contributed by atoms with E-state index in [0.717, 1.165) is 5.56 Å². The molecule has 6 heteroatoms. The number of nitrogen functional groups attached to an aromatic ring is 1. The second-order valence-corrected chi connectivity index (χ2v) is 6.88. The van der Waals surface area contributed by atoms with Crippen LogP contribution in [-0.4, -0.2) is 26.2 Å². The molecule has 108 valence electrons. The zero-order chi connectivity index (χ0) is 14.8. The second-order valence-electron chi connectivity index (χ2n) is 5.14. The summed E-state index contributed by atoms with van der Waals surface area (Å²) in [6, 6.07) is 3.31. The van der Waals surface area contributed by atoms with Crippen LogP contribution in [0.3, 0.4) is 0 Å². The Kier molecular flexibility index (Phi) is 4.95. The largest absolute Gasteiger partial charge is 0.398 e. The number of aliphatic hydroxyl groups is 1. The minimum absolute atomic E-state index is 0.00666. The summed E-state index contributed by atoms with van der Waals surface area (Å²) in [6.45, 7) is 7.11. The third kappa shape index (κ3) is 3.92. The lowest BCUT2D eigenvalue weighted by Crippen LogP contribution is -2.35. The molecular formula is C13H22N2O3S. The molecule has 0 heterocycles. The molecule has 0 amide bonds. The number of aliphatic hydroxyl groups excluding tert-OH is 1. The van der Waals surface area contributed by atoms with Gasteiger partial charge in [-0.25, -0.2) is 13.1 Å². The molecule has 0 saturated carbocycles. The lowest BCUT2D eigenvalue weighted by atomic mass is 10.1. The van der Waals surface area contributed by atoms with Crippen LogP contribution in [0.1, 0.15) is 25.0 Å². The first-order valence-corrected chi connectivity index (χ1v) is 7.68. The molecule has 0 saturated heterocycles. The maximum atomic E-state index is 12.2. The predicted molar refractivity (Wildman–Crippen MR) is 76.4 cm³/mol. The average molecular weight is 286 g/mol. The lowest BCUT2D eigenvalue weighted by Gasteiger charge is -2.17. The van der Waals surface area contributed by atoms with Gasteiger partial charge in [-0.3, -0.25) is 0 Å². The first kappa shape index (κ1) is 15.9. The van der Waals surface area contributed by atoms with E-state index >= 15 is 0 Å². The molecule has 1 rings (SSSR count). The summed E-state index contributed by atoms with van der Waals surface area (Å²) in [5.41, 5.74) is 7.54. The van der Waals surface area contributed by atoms with Gasteiger partial charge in [-0.2, -0.15) is 0 Å². The van der Waals surface area contributed by atoms with Crippen molar-refractivity contribution in [3.63, 3.8) is 0 Å². The number of hydrogen-bond donors (Lipinski definition) is 3. The summed E-state index contributed by atoms with van der Waals surface area (Å²) in [7, 11) is -3.65. The van der Waals surface area contributed by atoms with Crippen LogP contribution in [0.4, 0.5) is 5.69 Å². The predicted octanol–water partition coefficient (Wildman–Crippen LogP) is 1.18. The van der Waals surface area contributed by atoms with Gasteiger partial charge in [0.25, 0.3) is 0 Å². The van der Waals surface area contributed by atoms with Crippen LogP contribution in [0.2, 0.25) is 0 Å². The Balaban J connectivity index is 3.01. The summed E-state index contributed by atoms with van der Waals surface area (Å²) in [5, 5.41) is 9.66. The van der Waals surface area contributed by atoms with Gasteiger partial charge < -0.3 is 10.8 Å². The molecule has 1 unspecified atom stereocenters. The zero-order valence-electron chi connectivity index (χ0n) is 11.8. The number of anilines is 1. The minimum Gasteiger partial charge on any atom is -0.398 e. The molecule has 5 nitrogen and oxygen atoms in total. The van der Waals surface area contributed by atoms with Gasteiger partial charge in [-0.1, -0.05) is 13.8 Å². The molecule has 0 bridgehead atoms. The third-order valence-corrected chi connectivity index (χ3v) is 4.64. The fourth-order valence-corrected chi connectivity index (χ4v) is 3.05. The van der Waals surface area contributed by atoms with Crippen LogP contribution in [0.15, 0.2) is 17.0 Å². The third-order valence-electron chi connectivity index (χ3n) is 3.09. The Morgan fingerprint density at radius 2 is 1.89 bits per heavy atom. The van der Waals surface area contributed by atoms with Crippen LogP contribution >= 0.6 is 0 Å². The Bertz CT molecular complexity index is 553. The van der Waals surface area contributed by atoms with Gasteiger partial charge in [0, 0.05) is 12.2 Å². The fourth-order valence-electron chi connectivity index (χ4n) is 1.64. The number of rotatable bonds is 5. The molecule has 0 spiro atoms. The zero-order valence-corrected chi connectivity index (χ0v) is 12.6. The highest BCUT2D eigenvalue weighted by Crippen LogP contribution is 2.22. The van der Waals surface area contributed by atoms with Crippen molar-refractivity contribution in [3.05, 3.63) is 23.3 Å². The summed E-state index contributed by atoms with van der Waals surface area (Å²) < 4.78 is 26.8. The van der Waals surface area contributed by atoms with Crippen molar-refractivity contribution >= 4 is 15.7 Å². The average Bonchev–Trinajstić information content (AvgIpc) is 2.30. The molecular weight excluding hydrogens is 264 g/mol. The standard InChI is InChI=1S/C13H22N2O3S/c1-8(2)12(16)7-15-19(17,18)13-6-9(3)5-11(14)10(13)4/h5-6,8,12,15-16H,7,14H2,1-4H3. The van der Waals surface area contributed by atoms with Crippen LogP contribution in [0, 0.1) is 19.8 Å². The number of sulfonamides is 1. The van der Waals surface area contributed by atoms with Gasteiger partial charge in [-0.05, 0) is 43.0 Å². The SMILES string of the molecule is Cc1cc(N)c(C)c(S(=O)(=O)NCC(O)C(C)C)c1. The molecule has 4 N–H and O–H groups in total. The van der Waals surface area contributed by atoms with Gasteiger partial charge in [0.2, 0.25) is 10.0 Å². The van der Waals surface area contributed by atoms with E-state index in [9.17, 15) is 13.5 Å². The van der Waals surface area contributed by atoms with Crippen molar-refractivity contribution in [2.24, 2.45) is 5.92 Å². The molecule has 0 aromatic heterocycles. The normalized spacial score (nSPS) is 13.8. The van der Waals surface area contributed by atoms with E-state index in [-0.39, 0.29) is 17.4 Å². The van der Waals surface area contributed by atoms with E-state index in [1.165, 1.54) is 0 Å². The summed E-state index contributed by atoms with van der Waals surface area (Å²) in [5.74, 6) is -0.00799. The number of benzene rings is 1. The first-order valence-electron chi connectivity index (χ1n) is 6.19. The number of nitrogens with one attached hydrogen (secondary N) is 1. The number of aryl methyl sites for hydroxylation is 1. The molecule has 0 aliphatic heterocycles. The topological polar surface area (TPSA) is 92.4 Å². The van der Waals surface area contributed by atoms with Gasteiger partial charge in [-0.15, -0.1) is 0 Å². The van der Waals surface area contributed by atoms with Crippen molar-refractivity contribution in [3.8, 4) is 0 Å². The Morgan fingerprint density at radius 3 is 2.42 bits per heavy atom. The molecule has 0 aliphatic rings. The van der Waals surface area contributed by atoms with Crippen LogP contribution in [-0.2, 0) is 10.0 Å². The maximum Gasteiger partial charge on any atom is 0.241 e. The van der Waals surface area contributed by atoms with Gasteiger partial charge in [0.15, 0.2) is 0 Å². The smallest absolute Gasteiger partial charge is 0.241 e. The van der Waals surface area contributed by atoms with Crippen LogP contribution in [0.5, 0.6) is 0 Å². The molecule has 19 heavy (non-hydrogen) atoms. The summed E-state index contributed by atoms with van der Waals surface area (Å²) in [6.07, 6.45) is -0.711. The van der Waals surface area contributed by atoms with Gasteiger partial charge in [0.05, 0.1) is 11.0 Å². The van der Waals surface area contributed by atoms with E-state index < -0.39 is 16.1 Å². The van der Waals surface area contributed by atoms with Crippen LogP contribution in [0.25, 0.3) is 0 Å². The van der Waals surface area contributed by atoms with Crippen molar-refractivity contribution in [2.75, 3.05) is 12.3 Å². The maximum absolute atomic E-state index is 12.2.